The number of benzene rings is 1. The minimum atomic E-state index is -8.89. The Kier molecular flexibility index (Phi) is 16.9. The van der Waals surface area contributed by atoms with Gasteiger partial charge < -0.3 is 0 Å². The topological polar surface area (TPSA) is 26.0 Å². The average molecular weight is 1250 g/mol. The number of rotatable bonds is 22. The van der Waals surface area contributed by atoms with Gasteiger partial charge in [0.2, 0.25) is 0 Å². The van der Waals surface area contributed by atoms with Crippen LogP contribution in [-0.2, 0) is 0 Å². The van der Waals surface area contributed by atoms with Gasteiger partial charge in [0.25, 0.3) is 0 Å². The molecule has 420 valence electrons. The summed E-state index contributed by atoms with van der Waals surface area (Å²) in [6.45, 7) is 0. The van der Waals surface area contributed by atoms with Crippen molar-refractivity contribution in [1.29, 1.82) is 0 Å². The number of alkyl halides is 39. The molecule has 0 amide bonds. The fraction of sp³-hybridized carbons (Fsp3) is 0.800. The molecule has 71 heavy (non-hydrogen) atoms. The van der Waals surface area contributed by atoms with E-state index in [0.717, 1.165) is 0 Å². The van der Waals surface area contributed by atoms with Gasteiger partial charge in [-0.15, -0.1) is 0 Å². The second-order valence-electron chi connectivity index (χ2n) is 14.9. The molecule has 1 aromatic rings. The Balaban J connectivity index is 4.46. The summed E-state index contributed by atoms with van der Waals surface area (Å²) in [4.78, 5) is 0. The molecule has 0 saturated heterocycles. The maximum absolute atomic E-state index is 15.1. The first-order chi connectivity index (χ1) is 30.4. The Morgan fingerprint density at radius 3 is 0.634 bits per heavy atom. The van der Waals surface area contributed by atoms with Gasteiger partial charge in [0.15, 0.2) is 0 Å². The van der Waals surface area contributed by atoms with Crippen LogP contribution in [-0.4, -0.2) is 126 Å². The van der Waals surface area contributed by atoms with Gasteiger partial charge in [-0.2, -0.15) is 0 Å². The third kappa shape index (κ3) is 9.82. The molecule has 0 aliphatic rings. The molecule has 0 aliphatic carbocycles. The third-order valence-corrected chi connectivity index (χ3v) is 25.2. The first-order valence-electron chi connectivity index (χ1n) is 17.1. The summed E-state index contributed by atoms with van der Waals surface area (Å²) >= 11 is -8.31. The summed E-state index contributed by atoms with van der Waals surface area (Å²) < 4.78 is 528. The quantitative estimate of drug-likeness (QED) is 0.0699. The van der Waals surface area contributed by atoms with E-state index in [0.29, 0.717) is 6.07 Å². The zero-order valence-corrected chi connectivity index (χ0v) is 35.2. The van der Waals surface area contributed by atoms with Gasteiger partial charge >= 0.3 is 369 Å². The summed E-state index contributed by atoms with van der Waals surface area (Å²) in [6.07, 6.45) is -36.6. The predicted octanol–water partition coefficient (Wildman–Crippen LogP) is 15.3. The zero-order chi connectivity index (χ0) is 57.7. The van der Waals surface area contributed by atoms with Crippen molar-refractivity contribution in [3.05, 3.63) is 24.3 Å². The van der Waals surface area contributed by atoms with E-state index >= 15 is 26.3 Å². The van der Waals surface area contributed by atoms with Crippen LogP contribution in [0.15, 0.2) is 24.3 Å². The zero-order valence-electron chi connectivity index (χ0n) is 32.4. The van der Waals surface area contributed by atoms with Crippen LogP contribution < -0.4 is 9.31 Å². The number of para-hydroxylation sites is 1. The maximum atomic E-state index is 15.1. The van der Waals surface area contributed by atoms with Gasteiger partial charge in [-0.05, 0) is 0 Å². The number of nitrogens with two attached hydrogens (primary N) is 1. The normalized spacial score (nSPS) is 16.5. The molecular formula is C30H18F39NSn. The van der Waals surface area contributed by atoms with Crippen LogP contribution in [0.3, 0.4) is 0 Å². The molecule has 1 aromatic carbocycles. The van der Waals surface area contributed by atoms with Crippen LogP contribution in [0.4, 0.5) is 177 Å². The Labute approximate surface area is 369 Å². The molecule has 0 saturated carbocycles. The summed E-state index contributed by atoms with van der Waals surface area (Å²) in [5.41, 5.74) is 3.53. The SMILES string of the molecule is Nc1cccc[c]1[Sn]([CH2]CC(F)(F)C(F)(F)C(F)(F)C(F)(F)C(F)(F)C(F)(F)F)([CH2]CC(F)(F)C(F)(F)C(F)(F)C(F)(F)C(F)(F)C(F)(F)F)[CH2]CC(F)(F)C(F)(F)C(F)(F)C(F)(F)C(F)(F)C(F)(F)F. The number of halogens is 39. The number of hydrogen-bond donors (Lipinski definition) is 1. The fourth-order valence-corrected chi connectivity index (χ4v) is 20.3. The van der Waals surface area contributed by atoms with E-state index in [1.165, 1.54) is 0 Å². The van der Waals surface area contributed by atoms with Crippen molar-refractivity contribution in [3.63, 3.8) is 0 Å². The Morgan fingerprint density at radius 1 is 0.268 bits per heavy atom. The number of anilines is 1. The van der Waals surface area contributed by atoms with Gasteiger partial charge in [0.05, 0.1) is 0 Å². The molecule has 0 aromatic heterocycles. The van der Waals surface area contributed by atoms with Gasteiger partial charge in [0.1, 0.15) is 0 Å². The Hall–Kier alpha value is -2.91. The molecule has 41 heteroatoms. The van der Waals surface area contributed by atoms with Crippen molar-refractivity contribution in [2.24, 2.45) is 0 Å². The van der Waals surface area contributed by atoms with Crippen LogP contribution in [0.1, 0.15) is 19.3 Å². The molecular weight excluding hydrogens is 1230 g/mol. The summed E-state index contributed by atoms with van der Waals surface area (Å²) in [7, 11) is 0. The average Bonchev–Trinajstić information content (AvgIpc) is 3.15. The Morgan fingerprint density at radius 2 is 0.451 bits per heavy atom. The Bertz CT molecular complexity index is 1810. The third-order valence-electron chi connectivity index (χ3n) is 10.3. The molecule has 1 nitrogen and oxygen atoms in total. The van der Waals surface area contributed by atoms with E-state index in [9.17, 15) is 145 Å². The van der Waals surface area contributed by atoms with Crippen molar-refractivity contribution in [1.82, 2.24) is 0 Å². The van der Waals surface area contributed by atoms with Gasteiger partial charge in [-0.25, -0.2) is 0 Å². The molecule has 0 unspecified atom stereocenters. The van der Waals surface area contributed by atoms with Gasteiger partial charge in [-0.3, -0.25) is 0 Å². The van der Waals surface area contributed by atoms with E-state index in [4.69, 9.17) is 5.73 Å². The van der Waals surface area contributed by atoms with E-state index in [1.54, 1.807) is 0 Å². The molecule has 1 rings (SSSR count). The standard InChI is InChI=1S/3C8H4F13.C6H6N.Sn/c3*1-2-3(9,10)4(11,12)5(13,14)6(15,16)7(17,18)8(19,20)21;7-6-4-2-1-3-5-6;/h3*1-2H2;1-4H,7H2;. The van der Waals surface area contributed by atoms with Crippen LogP contribution >= 0.6 is 0 Å². The van der Waals surface area contributed by atoms with Crippen molar-refractivity contribution >= 4 is 27.6 Å². The molecule has 0 aliphatic heterocycles. The van der Waals surface area contributed by atoms with Crippen LogP contribution in [0, 0.1) is 0 Å². The van der Waals surface area contributed by atoms with E-state index in [2.05, 4.69) is 0 Å². The monoisotopic (exact) mass is 1250 g/mol. The van der Waals surface area contributed by atoms with E-state index in [1.807, 2.05) is 0 Å². The molecule has 0 bridgehead atoms. The second-order valence-corrected chi connectivity index (χ2v) is 28.0. The van der Waals surface area contributed by atoms with Crippen LogP contribution in [0.5, 0.6) is 0 Å². The molecule has 0 radical (unpaired) electrons. The molecule has 0 atom stereocenters. The van der Waals surface area contributed by atoms with Crippen molar-refractivity contribution < 1.29 is 171 Å². The van der Waals surface area contributed by atoms with Crippen molar-refractivity contribution in [2.45, 2.75) is 140 Å². The first-order valence-corrected chi connectivity index (χ1v) is 24.6. The predicted molar refractivity (Wildman–Crippen MR) is 157 cm³/mol. The van der Waals surface area contributed by atoms with Crippen molar-refractivity contribution in [2.75, 3.05) is 5.73 Å². The van der Waals surface area contributed by atoms with Crippen LogP contribution in [0.25, 0.3) is 0 Å². The van der Waals surface area contributed by atoms with E-state index in [-0.39, 0.29) is 18.2 Å². The molecule has 0 spiro atoms. The summed E-state index contributed by atoms with van der Waals surface area (Å²) in [5, 5.41) is 0. The molecule has 2 N–H and O–H groups in total. The van der Waals surface area contributed by atoms with Crippen molar-refractivity contribution in [3.8, 4) is 0 Å². The fourth-order valence-electron chi connectivity index (χ4n) is 5.82. The summed E-state index contributed by atoms with van der Waals surface area (Å²) in [6, 6.07) is 0.267. The number of nitrogen functional groups attached to an aromatic ring is 1. The molecule has 0 fully saturated rings. The minimum absolute atomic E-state index is 0.0308. The second kappa shape index (κ2) is 18.1. The number of hydrogen-bond acceptors (Lipinski definition) is 1. The van der Waals surface area contributed by atoms with Gasteiger partial charge in [0, 0.05) is 0 Å². The van der Waals surface area contributed by atoms with Gasteiger partial charge in [-0.1, -0.05) is 0 Å². The first kappa shape index (κ1) is 66.1. The van der Waals surface area contributed by atoms with Crippen LogP contribution in [0.2, 0.25) is 13.3 Å². The molecule has 0 heterocycles. The van der Waals surface area contributed by atoms with E-state index < -0.39 is 168 Å². The summed E-state index contributed by atoms with van der Waals surface area (Å²) in [5.74, 6) is -128.